The Hall–Kier alpha value is -0.0800. The topological polar surface area (TPSA) is 12.5 Å². The Morgan fingerprint density at radius 3 is 2.92 bits per heavy atom. The highest BCUT2D eigenvalue weighted by Crippen LogP contribution is 2.18. The molecule has 1 atom stereocenters. The standard InChI is InChI=1S/C11H23NO/c1-3-8-13-9-6-11-5-4-7-12(2)10-11/h11H,3-10H2,1-2H3/t11-/m0/s1. The summed E-state index contributed by atoms with van der Waals surface area (Å²) in [5.41, 5.74) is 0. The largest absolute Gasteiger partial charge is 0.381 e. The quantitative estimate of drug-likeness (QED) is 0.608. The van der Waals surface area contributed by atoms with E-state index < -0.39 is 0 Å². The fourth-order valence-electron chi connectivity index (χ4n) is 2.01. The van der Waals surface area contributed by atoms with Gasteiger partial charge in [0.15, 0.2) is 0 Å². The number of piperidine rings is 1. The van der Waals surface area contributed by atoms with Crippen molar-refractivity contribution in [1.29, 1.82) is 0 Å². The lowest BCUT2D eigenvalue weighted by atomic mass is 9.96. The number of rotatable bonds is 5. The second-order valence-electron chi connectivity index (χ2n) is 4.17. The predicted molar refractivity (Wildman–Crippen MR) is 55.9 cm³/mol. The van der Waals surface area contributed by atoms with Gasteiger partial charge in [0.1, 0.15) is 0 Å². The summed E-state index contributed by atoms with van der Waals surface area (Å²) in [7, 11) is 2.22. The fraction of sp³-hybridized carbons (Fsp3) is 1.00. The van der Waals surface area contributed by atoms with E-state index >= 15 is 0 Å². The SMILES string of the molecule is CCCOCC[C@@H]1CCCN(C)C1. The van der Waals surface area contributed by atoms with Crippen LogP contribution < -0.4 is 0 Å². The average molecular weight is 185 g/mol. The molecule has 0 spiro atoms. The molecule has 1 heterocycles. The van der Waals surface area contributed by atoms with E-state index in [0.717, 1.165) is 25.6 Å². The van der Waals surface area contributed by atoms with E-state index in [1.54, 1.807) is 0 Å². The van der Waals surface area contributed by atoms with Gasteiger partial charge in [-0.05, 0) is 45.2 Å². The van der Waals surface area contributed by atoms with Gasteiger partial charge in [0.05, 0.1) is 0 Å². The molecule has 0 aliphatic carbocycles. The van der Waals surface area contributed by atoms with Crippen molar-refractivity contribution in [3.8, 4) is 0 Å². The van der Waals surface area contributed by atoms with E-state index in [-0.39, 0.29) is 0 Å². The van der Waals surface area contributed by atoms with Gasteiger partial charge in [0, 0.05) is 19.8 Å². The predicted octanol–water partition coefficient (Wildman–Crippen LogP) is 2.14. The molecule has 0 amide bonds. The third kappa shape index (κ3) is 4.63. The van der Waals surface area contributed by atoms with Crippen LogP contribution in [0.15, 0.2) is 0 Å². The molecule has 78 valence electrons. The Balaban J connectivity index is 2.00. The zero-order valence-electron chi connectivity index (χ0n) is 9.09. The van der Waals surface area contributed by atoms with Gasteiger partial charge in [0.2, 0.25) is 0 Å². The number of nitrogens with zero attached hydrogens (tertiary/aromatic N) is 1. The smallest absolute Gasteiger partial charge is 0.0469 e. The molecule has 0 radical (unpaired) electrons. The van der Waals surface area contributed by atoms with Crippen LogP contribution in [0.3, 0.4) is 0 Å². The van der Waals surface area contributed by atoms with Gasteiger partial charge in [-0.1, -0.05) is 6.92 Å². The van der Waals surface area contributed by atoms with E-state index in [2.05, 4.69) is 18.9 Å². The zero-order valence-corrected chi connectivity index (χ0v) is 9.09. The monoisotopic (exact) mass is 185 g/mol. The fourth-order valence-corrected chi connectivity index (χ4v) is 2.01. The second-order valence-corrected chi connectivity index (χ2v) is 4.17. The van der Waals surface area contributed by atoms with Crippen molar-refractivity contribution in [2.45, 2.75) is 32.6 Å². The third-order valence-corrected chi connectivity index (χ3v) is 2.74. The summed E-state index contributed by atoms with van der Waals surface area (Å²) in [5, 5.41) is 0. The molecule has 0 aromatic carbocycles. The lowest BCUT2D eigenvalue weighted by Gasteiger charge is -2.29. The first-order valence-corrected chi connectivity index (χ1v) is 5.59. The molecule has 0 aromatic rings. The summed E-state index contributed by atoms with van der Waals surface area (Å²) in [6.07, 6.45) is 5.17. The van der Waals surface area contributed by atoms with E-state index in [0.29, 0.717) is 0 Å². The van der Waals surface area contributed by atoms with E-state index in [4.69, 9.17) is 4.74 Å². The highest BCUT2D eigenvalue weighted by Gasteiger charge is 2.16. The summed E-state index contributed by atoms with van der Waals surface area (Å²) in [6.45, 7) is 6.62. The van der Waals surface area contributed by atoms with Crippen molar-refractivity contribution in [2.24, 2.45) is 5.92 Å². The molecular weight excluding hydrogens is 162 g/mol. The number of hydrogen-bond donors (Lipinski definition) is 0. The Morgan fingerprint density at radius 1 is 1.38 bits per heavy atom. The van der Waals surface area contributed by atoms with Crippen LogP contribution in [0.4, 0.5) is 0 Å². The van der Waals surface area contributed by atoms with Crippen molar-refractivity contribution in [3.05, 3.63) is 0 Å². The molecule has 0 saturated carbocycles. The minimum Gasteiger partial charge on any atom is -0.381 e. The normalized spacial score (nSPS) is 24.9. The maximum Gasteiger partial charge on any atom is 0.0469 e. The second kappa shape index (κ2) is 6.39. The average Bonchev–Trinajstić information content (AvgIpc) is 2.13. The third-order valence-electron chi connectivity index (χ3n) is 2.74. The number of likely N-dealkylation sites (tertiary alicyclic amines) is 1. The first-order valence-electron chi connectivity index (χ1n) is 5.59. The Kier molecular flexibility index (Phi) is 5.40. The minimum absolute atomic E-state index is 0.885. The van der Waals surface area contributed by atoms with Gasteiger partial charge in [-0.15, -0.1) is 0 Å². The zero-order chi connectivity index (χ0) is 9.52. The highest BCUT2D eigenvalue weighted by atomic mass is 16.5. The molecule has 2 heteroatoms. The molecule has 0 aromatic heterocycles. The lowest BCUT2D eigenvalue weighted by molar-refractivity contribution is 0.103. The van der Waals surface area contributed by atoms with E-state index in [1.807, 2.05) is 0 Å². The maximum absolute atomic E-state index is 5.50. The summed E-state index contributed by atoms with van der Waals surface area (Å²) in [5.74, 6) is 0.885. The number of ether oxygens (including phenoxy) is 1. The van der Waals surface area contributed by atoms with Crippen LogP contribution in [0.5, 0.6) is 0 Å². The van der Waals surface area contributed by atoms with Crippen LogP contribution in [0.2, 0.25) is 0 Å². The maximum atomic E-state index is 5.50. The first kappa shape index (κ1) is 11.0. The van der Waals surface area contributed by atoms with Crippen molar-refractivity contribution < 1.29 is 4.74 Å². The summed E-state index contributed by atoms with van der Waals surface area (Å²) in [4.78, 5) is 2.44. The molecule has 0 N–H and O–H groups in total. The molecule has 1 aliphatic rings. The highest BCUT2D eigenvalue weighted by molar-refractivity contribution is 4.70. The van der Waals surface area contributed by atoms with Crippen LogP contribution in [-0.4, -0.2) is 38.3 Å². The first-order chi connectivity index (χ1) is 6.33. The summed E-state index contributed by atoms with van der Waals surface area (Å²) in [6, 6.07) is 0. The Bertz CT molecular complexity index is 127. The van der Waals surface area contributed by atoms with Crippen LogP contribution in [0.25, 0.3) is 0 Å². The molecule has 1 saturated heterocycles. The molecule has 1 aliphatic heterocycles. The molecule has 1 fully saturated rings. The van der Waals surface area contributed by atoms with Gasteiger partial charge in [0.25, 0.3) is 0 Å². The van der Waals surface area contributed by atoms with Crippen LogP contribution in [0.1, 0.15) is 32.6 Å². The van der Waals surface area contributed by atoms with Crippen LogP contribution in [-0.2, 0) is 4.74 Å². The number of hydrogen-bond acceptors (Lipinski definition) is 2. The van der Waals surface area contributed by atoms with Gasteiger partial charge in [-0.2, -0.15) is 0 Å². The lowest BCUT2D eigenvalue weighted by Crippen LogP contribution is -2.32. The summed E-state index contributed by atoms with van der Waals surface area (Å²) < 4.78 is 5.50. The minimum atomic E-state index is 0.885. The van der Waals surface area contributed by atoms with Crippen molar-refractivity contribution in [2.75, 3.05) is 33.4 Å². The molecule has 0 bridgehead atoms. The molecule has 13 heavy (non-hydrogen) atoms. The van der Waals surface area contributed by atoms with Gasteiger partial charge >= 0.3 is 0 Å². The van der Waals surface area contributed by atoms with E-state index in [1.165, 1.54) is 32.4 Å². The molecule has 1 rings (SSSR count). The molecular formula is C11H23NO. The van der Waals surface area contributed by atoms with Gasteiger partial charge in [-0.3, -0.25) is 0 Å². The van der Waals surface area contributed by atoms with Crippen molar-refractivity contribution in [1.82, 2.24) is 4.90 Å². The van der Waals surface area contributed by atoms with Gasteiger partial charge < -0.3 is 9.64 Å². The molecule has 2 nitrogen and oxygen atoms in total. The van der Waals surface area contributed by atoms with Crippen LogP contribution >= 0.6 is 0 Å². The Morgan fingerprint density at radius 2 is 2.23 bits per heavy atom. The summed E-state index contributed by atoms with van der Waals surface area (Å²) >= 11 is 0. The Labute approximate surface area is 82.3 Å². The van der Waals surface area contributed by atoms with Crippen molar-refractivity contribution >= 4 is 0 Å². The van der Waals surface area contributed by atoms with Crippen LogP contribution in [0, 0.1) is 5.92 Å². The van der Waals surface area contributed by atoms with Crippen molar-refractivity contribution in [3.63, 3.8) is 0 Å². The molecule has 0 unspecified atom stereocenters. The van der Waals surface area contributed by atoms with E-state index in [9.17, 15) is 0 Å². The van der Waals surface area contributed by atoms with Gasteiger partial charge in [-0.25, -0.2) is 0 Å².